The Kier molecular flexibility index (Phi) is 6.54. The van der Waals surface area contributed by atoms with Crippen LogP contribution in [0.25, 0.3) is 11.3 Å². The standard InChI is InChI=1S/C22H24F5N3O3/c1-5-33-20(32)15-16(28-13(4)12(3)17(15)31)14-10-11(2)18(22(25,26)27)29-19(14)30-8-6-21(23,24)7-9-30/h10H,5-9H2,1-4H3,(H,28,31). The molecule has 11 heteroatoms. The van der Waals surface area contributed by atoms with Crippen molar-refractivity contribution in [2.24, 2.45) is 0 Å². The first-order valence-corrected chi connectivity index (χ1v) is 10.4. The number of pyridine rings is 2. The number of anilines is 1. The van der Waals surface area contributed by atoms with Crippen LogP contribution in [0.3, 0.4) is 0 Å². The summed E-state index contributed by atoms with van der Waals surface area (Å²) in [5.41, 5.74) is -1.78. The molecule has 180 valence electrons. The molecule has 33 heavy (non-hydrogen) atoms. The van der Waals surface area contributed by atoms with Crippen LogP contribution >= 0.6 is 0 Å². The summed E-state index contributed by atoms with van der Waals surface area (Å²) in [7, 11) is 0. The van der Waals surface area contributed by atoms with Gasteiger partial charge in [0.15, 0.2) is 5.43 Å². The Balaban J connectivity index is 2.32. The Labute approximate surface area is 186 Å². The maximum atomic E-state index is 13.7. The number of nitrogens with one attached hydrogen (secondary N) is 1. The van der Waals surface area contributed by atoms with E-state index >= 15 is 0 Å². The number of aromatic nitrogens is 2. The summed E-state index contributed by atoms with van der Waals surface area (Å²) in [6.07, 6.45) is -5.90. The predicted molar refractivity (Wildman–Crippen MR) is 112 cm³/mol. The maximum Gasteiger partial charge on any atom is 0.433 e. The van der Waals surface area contributed by atoms with E-state index < -0.39 is 42.0 Å². The summed E-state index contributed by atoms with van der Waals surface area (Å²) in [5, 5.41) is 0. The van der Waals surface area contributed by atoms with E-state index in [-0.39, 0.29) is 53.5 Å². The number of ether oxygens (including phenoxy) is 1. The lowest BCUT2D eigenvalue weighted by molar-refractivity contribution is -0.141. The van der Waals surface area contributed by atoms with Crippen molar-refractivity contribution in [2.75, 3.05) is 24.6 Å². The monoisotopic (exact) mass is 473 g/mol. The molecule has 0 aromatic carbocycles. The number of carbonyl (C=O) groups excluding carboxylic acids is 1. The van der Waals surface area contributed by atoms with Gasteiger partial charge in [-0.1, -0.05) is 0 Å². The lowest BCUT2D eigenvalue weighted by atomic mass is 9.98. The zero-order valence-electron chi connectivity index (χ0n) is 18.6. The van der Waals surface area contributed by atoms with E-state index in [9.17, 15) is 31.5 Å². The summed E-state index contributed by atoms with van der Waals surface area (Å²) in [4.78, 5) is 33.7. The molecule has 3 heterocycles. The van der Waals surface area contributed by atoms with Crippen LogP contribution in [0, 0.1) is 20.8 Å². The molecule has 2 aromatic rings. The quantitative estimate of drug-likeness (QED) is 0.511. The number of aryl methyl sites for hydroxylation is 2. The highest BCUT2D eigenvalue weighted by atomic mass is 19.4. The first-order valence-electron chi connectivity index (χ1n) is 10.4. The van der Waals surface area contributed by atoms with E-state index in [4.69, 9.17) is 4.74 Å². The zero-order valence-corrected chi connectivity index (χ0v) is 18.6. The molecule has 0 amide bonds. The van der Waals surface area contributed by atoms with Gasteiger partial charge in [0.2, 0.25) is 0 Å². The van der Waals surface area contributed by atoms with Crippen molar-refractivity contribution in [1.29, 1.82) is 0 Å². The molecule has 0 unspecified atom stereocenters. The number of hydrogen-bond acceptors (Lipinski definition) is 5. The number of esters is 1. The highest BCUT2D eigenvalue weighted by molar-refractivity contribution is 5.98. The highest BCUT2D eigenvalue weighted by Gasteiger charge is 2.39. The number of rotatable bonds is 4. The highest BCUT2D eigenvalue weighted by Crippen LogP contribution is 2.39. The third-order valence-electron chi connectivity index (χ3n) is 5.70. The van der Waals surface area contributed by atoms with Crippen LogP contribution in [-0.2, 0) is 10.9 Å². The van der Waals surface area contributed by atoms with Gasteiger partial charge in [0.05, 0.1) is 12.3 Å². The van der Waals surface area contributed by atoms with Gasteiger partial charge in [0.25, 0.3) is 5.92 Å². The molecule has 0 saturated carbocycles. The second-order valence-electron chi connectivity index (χ2n) is 8.04. The van der Waals surface area contributed by atoms with E-state index in [0.717, 1.165) is 0 Å². The largest absolute Gasteiger partial charge is 0.462 e. The topological polar surface area (TPSA) is 75.3 Å². The third kappa shape index (κ3) is 4.86. The molecule has 1 fully saturated rings. The minimum absolute atomic E-state index is 0.0248. The normalized spacial score (nSPS) is 16.1. The number of H-pyrrole nitrogens is 1. The maximum absolute atomic E-state index is 13.7. The molecule has 1 N–H and O–H groups in total. The molecule has 1 aliphatic heterocycles. The number of nitrogens with zero attached hydrogens (tertiary/aromatic N) is 2. The van der Waals surface area contributed by atoms with Gasteiger partial charge < -0.3 is 14.6 Å². The summed E-state index contributed by atoms with van der Waals surface area (Å²) in [5.74, 6) is -4.10. The Morgan fingerprint density at radius 3 is 2.36 bits per heavy atom. The van der Waals surface area contributed by atoms with Gasteiger partial charge in [0, 0.05) is 42.8 Å². The Morgan fingerprint density at radius 2 is 1.82 bits per heavy atom. The van der Waals surface area contributed by atoms with Gasteiger partial charge in [-0.3, -0.25) is 4.79 Å². The predicted octanol–water partition coefficient (Wildman–Crippen LogP) is 4.79. The molecular formula is C22H24F5N3O3. The number of piperidine rings is 1. The molecule has 0 bridgehead atoms. The lowest BCUT2D eigenvalue weighted by Gasteiger charge is -2.34. The van der Waals surface area contributed by atoms with Crippen LogP contribution in [-0.4, -0.2) is 41.6 Å². The minimum Gasteiger partial charge on any atom is -0.462 e. The molecule has 0 spiro atoms. The van der Waals surface area contributed by atoms with Gasteiger partial charge >= 0.3 is 12.1 Å². The van der Waals surface area contributed by atoms with Crippen LogP contribution in [0.4, 0.5) is 27.8 Å². The zero-order chi connectivity index (χ0) is 24.7. The van der Waals surface area contributed by atoms with E-state index in [1.807, 2.05) is 0 Å². The van der Waals surface area contributed by atoms with Crippen LogP contribution in [0.15, 0.2) is 10.9 Å². The number of carbonyl (C=O) groups is 1. The second-order valence-corrected chi connectivity index (χ2v) is 8.04. The first-order chi connectivity index (χ1) is 15.3. The Bertz CT molecular complexity index is 1130. The molecule has 2 aromatic heterocycles. The summed E-state index contributed by atoms with van der Waals surface area (Å²) in [6, 6.07) is 1.17. The molecule has 0 aliphatic carbocycles. The summed E-state index contributed by atoms with van der Waals surface area (Å²) in [6.45, 7) is 5.34. The van der Waals surface area contributed by atoms with E-state index in [1.165, 1.54) is 24.8 Å². The van der Waals surface area contributed by atoms with Gasteiger partial charge in [0.1, 0.15) is 17.1 Å². The van der Waals surface area contributed by atoms with Crippen molar-refractivity contribution in [3.8, 4) is 11.3 Å². The molecular weight excluding hydrogens is 449 g/mol. The average molecular weight is 473 g/mol. The molecule has 3 rings (SSSR count). The van der Waals surface area contributed by atoms with Crippen molar-refractivity contribution in [3.05, 3.63) is 44.4 Å². The van der Waals surface area contributed by atoms with Crippen LogP contribution in [0.2, 0.25) is 0 Å². The average Bonchev–Trinajstić information content (AvgIpc) is 2.71. The van der Waals surface area contributed by atoms with Crippen LogP contribution in [0.1, 0.15) is 52.6 Å². The number of halogens is 5. The Hall–Kier alpha value is -2.98. The smallest absolute Gasteiger partial charge is 0.433 e. The van der Waals surface area contributed by atoms with E-state index in [1.54, 1.807) is 13.8 Å². The van der Waals surface area contributed by atoms with Crippen LogP contribution in [0.5, 0.6) is 0 Å². The van der Waals surface area contributed by atoms with E-state index in [0.29, 0.717) is 5.69 Å². The molecule has 0 atom stereocenters. The van der Waals surface area contributed by atoms with Crippen molar-refractivity contribution in [3.63, 3.8) is 0 Å². The second kappa shape index (κ2) is 8.75. The van der Waals surface area contributed by atoms with E-state index in [2.05, 4.69) is 9.97 Å². The fraction of sp³-hybridized carbons (Fsp3) is 0.500. The molecule has 1 aliphatic rings. The summed E-state index contributed by atoms with van der Waals surface area (Å²) >= 11 is 0. The molecule has 6 nitrogen and oxygen atoms in total. The minimum atomic E-state index is -4.78. The SMILES string of the molecule is CCOC(=O)c1c(-c2cc(C)c(C(F)(F)F)nc2N2CCC(F)(F)CC2)[nH]c(C)c(C)c1=O. The number of hydrogen-bond donors (Lipinski definition) is 1. The van der Waals surface area contributed by atoms with Gasteiger partial charge in [-0.15, -0.1) is 0 Å². The van der Waals surface area contributed by atoms with Gasteiger partial charge in [-0.2, -0.15) is 13.2 Å². The van der Waals surface area contributed by atoms with Crippen molar-refractivity contribution < 1.29 is 31.5 Å². The lowest BCUT2D eigenvalue weighted by Crippen LogP contribution is -2.40. The van der Waals surface area contributed by atoms with Gasteiger partial charge in [-0.25, -0.2) is 18.6 Å². The number of alkyl halides is 5. The summed E-state index contributed by atoms with van der Waals surface area (Å²) < 4.78 is 73.3. The fourth-order valence-electron chi connectivity index (χ4n) is 3.78. The first kappa shape index (κ1) is 24.7. The molecule has 1 saturated heterocycles. The van der Waals surface area contributed by atoms with Crippen LogP contribution < -0.4 is 10.3 Å². The molecule has 0 radical (unpaired) electrons. The number of aromatic amines is 1. The fourth-order valence-corrected chi connectivity index (χ4v) is 3.78. The van der Waals surface area contributed by atoms with Crippen molar-refractivity contribution >= 4 is 11.8 Å². The van der Waals surface area contributed by atoms with Crippen molar-refractivity contribution in [2.45, 2.75) is 52.6 Å². The van der Waals surface area contributed by atoms with Crippen molar-refractivity contribution in [1.82, 2.24) is 9.97 Å². The van der Waals surface area contributed by atoms with Gasteiger partial charge in [-0.05, 0) is 39.3 Å². The third-order valence-corrected chi connectivity index (χ3v) is 5.70. The Morgan fingerprint density at radius 1 is 1.21 bits per heavy atom.